The molecule has 15 heavy (non-hydrogen) atoms. The van der Waals surface area contributed by atoms with Gasteiger partial charge in [-0.1, -0.05) is 0 Å². The molecule has 82 valence electrons. The number of hydrogen-bond donors (Lipinski definition) is 1. The zero-order valence-electron chi connectivity index (χ0n) is 8.45. The van der Waals surface area contributed by atoms with E-state index >= 15 is 0 Å². The number of aryl methyl sites for hydroxylation is 2. The van der Waals surface area contributed by atoms with Crippen LogP contribution in [0.3, 0.4) is 0 Å². The van der Waals surface area contributed by atoms with Crippen molar-refractivity contribution in [3.8, 4) is 0 Å². The van der Waals surface area contributed by atoms with E-state index in [0.717, 1.165) is 0 Å². The van der Waals surface area contributed by atoms with Crippen molar-refractivity contribution in [2.45, 2.75) is 19.9 Å². The molecule has 0 radical (unpaired) electrons. The molecule has 0 aromatic carbocycles. The molecule has 0 aliphatic carbocycles. The van der Waals surface area contributed by atoms with E-state index < -0.39 is 0 Å². The SMILES string of the molecule is Cc1sc(C)c(C2C=CNC=N2)c1I.Cl. The molecular formula is C10H12ClIN2S. The molecule has 5 heteroatoms. The molecule has 0 saturated carbocycles. The Morgan fingerprint density at radius 1 is 1.40 bits per heavy atom. The molecule has 1 aliphatic heterocycles. The van der Waals surface area contributed by atoms with Gasteiger partial charge >= 0.3 is 0 Å². The number of halogens is 2. The summed E-state index contributed by atoms with van der Waals surface area (Å²) in [5.74, 6) is 0. The fourth-order valence-corrected chi connectivity index (χ4v) is 3.77. The lowest BCUT2D eigenvalue weighted by Gasteiger charge is -2.11. The lowest BCUT2D eigenvalue weighted by atomic mass is 10.1. The van der Waals surface area contributed by atoms with Gasteiger partial charge in [-0.2, -0.15) is 0 Å². The maximum absolute atomic E-state index is 4.41. The zero-order chi connectivity index (χ0) is 10.1. The van der Waals surface area contributed by atoms with Gasteiger partial charge in [-0.25, -0.2) is 0 Å². The summed E-state index contributed by atoms with van der Waals surface area (Å²) >= 11 is 4.26. The van der Waals surface area contributed by atoms with Gasteiger partial charge in [0.2, 0.25) is 0 Å². The number of aliphatic imine (C=N–C) groups is 1. The van der Waals surface area contributed by atoms with Crippen molar-refractivity contribution in [2.24, 2.45) is 4.99 Å². The second kappa shape index (κ2) is 5.32. The predicted octanol–water partition coefficient (Wildman–Crippen LogP) is 3.58. The van der Waals surface area contributed by atoms with Crippen molar-refractivity contribution in [2.75, 3.05) is 0 Å². The van der Waals surface area contributed by atoms with Crippen molar-refractivity contribution in [3.63, 3.8) is 0 Å². The summed E-state index contributed by atoms with van der Waals surface area (Å²) in [6, 6.07) is 0.202. The van der Waals surface area contributed by atoms with Gasteiger partial charge in [0.05, 0.1) is 12.4 Å². The minimum atomic E-state index is 0. The van der Waals surface area contributed by atoms with E-state index in [1.807, 2.05) is 17.5 Å². The van der Waals surface area contributed by atoms with Gasteiger partial charge in [0.25, 0.3) is 0 Å². The third kappa shape index (κ3) is 2.54. The summed E-state index contributed by atoms with van der Waals surface area (Å²) in [5.41, 5.74) is 1.36. The highest BCUT2D eigenvalue weighted by molar-refractivity contribution is 14.1. The Kier molecular flexibility index (Phi) is 4.61. The van der Waals surface area contributed by atoms with Gasteiger partial charge in [0.1, 0.15) is 0 Å². The third-order valence-corrected chi connectivity index (χ3v) is 5.00. The molecule has 0 fully saturated rings. The largest absolute Gasteiger partial charge is 0.353 e. The van der Waals surface area contributed by atoms with Crippen LogP contribution in [-0.2, 0) is 0 Å². The number of thiophene rings is 1. The molecule has 0 saturated heterocycles. The first-order chi connectivity index (χ1) is 6.70. The van der Waals surface area contributed by atoms with Crippen LogP contribution in [0.15, 0.2) is 17.3 Å². The highest BCUT2D eigenvalue weighted by atomic mass is 127. The van der Waals surface area contributed by atoms with Gasteiger partial charge in [-0.15, -0.1) is 23.7 Å². The zero-order valence-corrected chi connectivity index (χ0v) is 12.2. The summed E-state index contributed by atoms with van der Waals surface area (Å²) in [7, 11) is 0. The minimum absolute atomic E-state index is 0. The molecule has 0 bridgehead atoms. The summed E-state index contributed by atoms with van der Waals surface area (Å²) in [5, 5.41) is 2.96. The summed E-state index contributed by atoms with van der Waals surface area (Å²) in [4.78, 5) is 7.18. The van der Waals surface area contributed by atoms with Crippen LogP contribution < -0.4 is 5.32 Å². The molecule has 1 N–H and O–H groups in total. The number of rotatable bonds is 1. The van der Waals surface area contributed by atoms with Gasteiger partial charge in [0.15, 0.2) is 0 Å². The van der Waals surface area contributed by atoms with Crippen molar-refractivity contribution >= 4 is 52.7 Å². The quantitative estimate of drug-likeness (QED) is 0.766. The van der Waals surface area contributed by atoms with E-state index in [9.17, 15) is 0 Å². The first kappa shape index (κ1) is 13.0. The molecule has 0 spiro atoms. The van der Waals surface area contributed by atoms with Crippen molar-refractivity contribution in [3.05, 3.63) is 31.2 Å². The molecule has 1 atom stereocenters. The Bertz CT molecular complexity index is 400. The van der Waals surface area contributed by atoms with Crippen LogP contribution in [0.2, 0.25) is 0 Å². The smallest absolute Gasteiger partial charge is 0.0985 e. The Hall–Kier alpha value is -0.0700. The highest BCUT2D eigenvalue weighted by Gasteiger charge is 2.18. The van der Waals surface area contributed by atoms with Crippen molar-refractivity contribution < 1.29 is 0 Å². The van der Waals surface area contributed by atoms with Crippen molar-refractivity contribution in [1.82, 2.24) is 5.32 Å². The van der Waals surface area contributed by atoms with E-state index in [4.69, 9.17) is 0 Å². The molecule has 1 aromatic heterocycles. The van der Waals surface area contributed by atoms with E-state index in [0.29, 0.717) is 0 Å². The molecule has 2 heterocycles. The first-order valence-corrected chi connectivity index (χ1v) is 6.29. The third-order valence-electron chi connectivity index (χ3n) is 2.21. The Morgan fingerprint density at radius 3 is 2.60 bits per heavy atom. The fraction of sp³-hybridized carbons (Fsp3) is 0.300. The molecule has 2 nitrogen and oxygen atoms in total. The Labute approximate surface area is 113 Å². The van der Waals surface area contributed by atoms with Crippen LogP contribution in [-0.4, -0.2) is 6.34 Å². The van der Waals surface area contributed by atoms with Gasteiger partial charge in [0, 0.05) is 25.1 Å². The molecule has 2 rings (SSSR count). The second-order valence-electron chi connectivity index (χ2n) is 3.19. The lowest BCUT2D eigenvalue weighted by molar-refractivity contribution is 0.875. The van der Waals surface area contributed by atoms with Crippen LogP contribution >= 0.6 is 46.3 Å². The average molecular weight is 355 g/mol. The maximum Gasteiger partial charge on any atom is 0.0985 e. The fourth-order valence-electron chi connectivity index (χ4n) is 1.55. The summed E-state index contributed by atoms with van der Waals surface area (Å²) in [6.07, 6.45) is 5.80. The van der Waals surface area contributed by atoms with Crippen LogP contribution in [0.25, 0.3) is 0 Å². The maximum atomic E-state index is 4.41. The topological polar surface area (TPSA) is 24.4 Å². The summed E-state index contributed by atoms with van der Waals surface area (Å²) in [6.45, 7) is 4.33. The number of nitrogens with zero attached hydrogens (tertiary/aromatic N) is 1. The van der Waals surface area contributed by atoms with E-state index in [-0.39, 0.29) is 18.4 Å². The lowest BCUT2D eigenvalue weighted by Crippen LogP contribution is -2.09. The van der Waals surface area contributed by atoms with Gasteiger partial charge in [-0.3, -0.25) is 4.99 Å². The Balaban J connectivity index is 0.00000112. The molecule has 1 aliphatic rings. The number of nitrogens with one attached hydrogen (secondary N) is 1. The van der Waals surface area contributed by atoms with Crippen LogP contribution in [0, 0.1) is 17.4 Å². The van der Waals surface area contributed by atoms with Gasteiger partial charge in [-0.05, 0) is 42.5 Å². The number of hydrogen-bond acceptors (Lipinski definition) is 3. The Morgan fingerprint density at radius 2 is 2.13 bits per heavy atom. The molecular weight excluding hydrogens is 343 g/mol. The van der Waals surface area contributed by atoms with Crippen LogP contribution in [0.1, 0.15) is 21.4 Å². The van der Waals surface area contributed by atoms with Crippen LogP contribution in [0.5, 0.6) is 0 Å². The predicted molar refractivity (Wildman–Crippen MR) is 77.3 cm³/mol. The van der Waals surface area contributed by atoms with E-state index in [2.05, 4.69) is 52.8 Å². The van der Waals surface area contributed by atoms with Crippen LogP contribution in [0.4, 0.5) is 0 Å². The molecule has 0 amide bonds. The van der Waals surface area contributed by atoms with E-state index in [1.54, 1.807) is 6.34 Å². The minimum Gasteiger partial charge on any atom is -0.353 e. The normalized spacial score (nSPS) is 18.5. The molecule has 1 aromatic rings. The second-order valence-corrected chi connectivity index (χ2v) is 5.70. The first-order valence-electron chi connectivity index (χ1n) is 4.40. The van der Waals surface area contributed by atoms with E-state index in [1.165, 1.54) is 18.9 Å². The van der Waals surface area contributed by atoms with Gasteiger partial charge < -0.3 is 5.32 Å². The highest BCUT2D eigenvalue weighted by Crippen LogP contribution is 2.35. The van der Waals surface area contributed by atoms with Crippen molar-refractivity contribution in [1.29, 1.82) is 0 Å². The molecule has 1 unspecified atom stereocenters. The standard InChI is InChI=1S/C10H11IN2S.ClH/c1-6-9(10(11)7(2)14-6)8-3-4-12-5-13-8;/h3-5,8H,1-2H3,(H,12,13);1H. The monoisotopic (exact) mass is 354 g/mol. The summed E-state index contributed by atoms with van der Waals surface area (Å²) < 4.78 is 1.36. The average Bonchev–Trinajstić information content (AvgIpc) is 2.43.